The van der Waals surface area contributed by atoms with Crippen LogP contribution in [0.15, 0.2) is 24.8 Å². The number of benzene rings is 1. The second-order valence-electron chi connectivity index (χ2n) is 2.40. The van der Waals surface area contributed by atoms with Crippen molar-refractivity contribution in [2.75, 3.05) is 5.88 Å². The predicted octanol–water partition coefficient (Wildman–Crippen LogP) is 4.25. The Balaban J connectivity index is 3.08. The lowest BCUT2D eigenvalue weighted by Crippen LogP contribution is -1.83. The molecule has 0 heterocycles. The van der Waals surface area contributed by atoms with Crippen molar-refractivity contribution in [2.45, 2.75) is 0 Å². The van der Waals surface area contributed by atoms with E-state index in [0.29, 0.717) is 15.9 Å². The summed E-state index contributed by atoms with van der Waals surface area (Å²) in [6.45, 7) is 3.78. The number of alkyl halides is 1. The average Bonchev–Trinajstić information content (AvgIpc) is 2.01. The van der Waals surface area contributed by atoms with Crippen LogP contribution in [0.25, 0.3) is 5.57 Å². The van der Waals surface area contributed by atoms with E-state index in [9.17, 15) is 0 Å². The Bertz CT molecular complexity index is 284. The maximum Gasteiger partial charge on any atom is 0.0474 e. The molecule has 0 unspecified atom stereocenters. The first-order valence-corrected chi connectivity index (χ1v) is 4.62. The Morgan fingerprint density at radius 2 is 1.67 bits per heavy atom. The van der Waals surface area contributed by atoms with Gasteiger partial charge in [-0.15, -0.1) is 11.6 Å². The predicted molar refractivity (Wildman–Crippen MR) is 56.2 cm³/mol. The van der Waals surface area contributed by atoms with Gasteiger partial charge < -0.3 is 0 Å². The van der Waals surface area contributed by atoms with Gasteiger partial charge in [0.05, 0.1) is 0 Å². The highest BCUT2D eigenvalue weighted by molar-refractivity contribution is 6.35. The number of halogens is 3. The Morgan fingerprint density at radius 3 is 2.08 bits per heavy atom. The molecule has 1 rings (SSSR count). The smallest absolute Gasteiger partial charge is 0.0474 e. The Hall–Kier alpha value is -0.170. The second kappa shape index (κ2) is 4.18. The first-order chi connectivity index (χ1) is 5.63. The third-order valence-corrected chi connectivity index (χ3v) is 2.19. The van der Waals surface area contributed by atoms with E-state index in [-0.39, 0.29) is 0 Å². The quantitative estimate of drug-likeness (QED) is 0.655. The highest BCUT2D eigenvalue weighted by Crippen LogP contribution is 2.23. The van der Waals surface area contributed by atoms with Gasteiger partial charge in [0.15, 0.2) is 0 Å². The normalized spacial score (nSPS) is 9.92. The lowest BCUT2D eigenvalue weighted by molar-refractivity contribution is 1.58. The summed E-state index contributed by atoms with van der Waals surface area (Å²) in [6.07, 6.45) is 0. The SMILES string of the molecule is C=C(CCl)c1cc(Cl)cc(Cl)c1. The maximum absolute atomic E-state index is 5.78. The summed E-state index contributed by atoms with van der Waals surface area (Å²) in [4.78, 5) is 0. The molecule has 1 aromatic carbocycles. The van der Waals surface area contributed by atoms with Crippen molar-refractivity contribution in [3.05, 3.63) is 40.4 Å². The highest BCUT2D eigenvalue weighted by atomic mass is 35.5. The minimum atomic E-state index is 0.386. The van der Waals surface area contributed by atoms with Crippen LogP contribution in [0, 0.1) is 0 Å². The minimum Gasteiger partial charge on any atom is -0.122 e. The van der Waals surface area contributed by atoms with Crippen LogP contribution in [0.1, 0.15) is 5.56 Å². The van der Waals surface area contributed by atoms with Gasteiger partial charge in [-0.1, -0.05) is 29.8 Å². The molecule has 0 saturated carbocycles. The molecule has 0 radical (unpaired) electrons. The van der Waals surface area contributed by atoms with Gasteiger partial charge in [0.2, 0.25) is 0 Å². The van der Waals surface area contributed by atoms with Crippen molar-refractivity contribution in [3.63, 3.8) is 0 Å². The average molecular weight is 222 g/mol. The van der Waals surface area contributed by atoms with Gasteiger partial charge in [0, 0.05) is 15.9 Å². The summed E-state index contributed by atoms with van der Waals surface area (Å²) in [5.41, 5.74) is 1.71. The number of hydrogen-bond donors (Lipinski definition) is 0. The second-order valence-corrected chi connectivity index (χ2v) is 3.54. The molecule has 1 aromatic rings. The molecule has 0 aliphatic heterocycles. The van der Waals surface area contributed by atoms with Gasteiger partial charge >= 0.3 is 0 Å². The standard InChI is InChI=1S/C9H7Cl3/c1-6(5-10)7-2-8(11)4-9(12)3-7/h2-4H,1,5H2. The van der Waals surface area contributed by atoms with Crippen LogP contribution in [0.2, 0.25) is 10.0 Å². The summed E-state index contributed by atoms with van der Waals surface area (Å²) in [7, 11) is 0. The van der Waals surface area contributed by atoms with Crippen LogP contribution in [-0.4, -0.2) is 5.88 Å². The van der Waals surface area contributed by atoms with Gasteiger partial charge in [-0.3, -0.25) is 0 Å². The summed E-state index contributed by atoms with van der Waals surface area (Å²) in [5.74, 6) is 0.386. The fourth-order valence-corrected chi connectivity index (χ4v) is 1.52. The molecule has 0 N–H and O–H groups in total. The molecule has 64 valence electrons. The van der Waals surface area contributed by atoms with Crippen molar-refractivity contribution in [2.24, 2.45) is 0 Å². The van der Waals surface area contributed by atoms with E-state index in [0.717, 1.165) is 11.1 Å². The fraction of sp³-hybridized carbons (Fsp3) is 0.111. The third-order valence-electron chi connectivity index (χ3n) is 1.43. The largest absolute Gasteiger partial charge is 0.122 e. The fourth-order valence-electron chi connectivity index (χ4n) is 0.835. The number of allylic oxidation sites excluding steroid dienone is 1. The van der Waals surface area contributed by atoms with Gasteiger partial charge in [-0.25, -0.2) is 0 Å². The molecule has 3 heteroatoms. The topological polar surface area (TPSA) is 0 Å². The molecule has 0 atom stereocenters. The van der Waals surface area contributed by atoms with E-state index in [4.69, 9.17) is 34.8 Å². The number of rotatable bonds is 2. The van der Waals surface area contributed by atoms with Crippen molar-refractivity contribution in [1.82, 2.24) is 0 Å². The lowest BCUT2D eigenvalue weighted by Gasteiger charge is -2.02. The summed E-state index contributed by atoms with van der Waals surface area (Å²) < 4.78 is 0. The minimum absolute atomic E-state index is 0.386. The van der Waals surface area contributed by atoms with E-state index < -0.39 is 0 Å². The van der Waals surface area contributed by atoms with Crippen molar-refractivity contribution < 1.29 is 0 Å². The molecule has 0 aliphatic rings. The van der Waals surface area contributed by atoms with Crippen LogP contribution in [0.3, 0.4) is 0 Å². The first-order valence-electron chi connectivity index (χ1n) is 3.33. The zero-order chi connectivity index (χ0) is 9.14. The zero-order valence-electron chi connectivity index (χ0n) is 6.28. The first kappa shape index (κ1) is 9.91. The molecular weight excluding hydrogens is 214 g/mol. The van der Waals surface area contributed by atoms with E-state index >= 15 is 0 Å². The molecule has 0 spiro atoms. The molecule has 0 aromatic heterocycles. The highest BCUT2D eigenvalue weighted by Gasteiger charge is 2.00. The van der Waals surface area contributed by atoms with Gasteiger partial charge in [-0.2, -0.15) is 0 Å². The molecule has 0 fully saturated rings. The molecule has 0 nitrogen and oxygen atoms in total. The van der Waals surface area contributed by atoms with Crippen LogP contribution < -0.4 is 0 Å². The van der Waals surface area contributed by atoms with E-state index in [1.807, 2.05) is 0 Å². The van der Waals surface area contributed by atoms with Crippen LogP contribution in [0.4, 0.5) is 0 Å². The van der Waals surface area contributed by atoms with E-state index in [1.165, 1.54) is 0 Å². The summed E-state index contributed by atoms with van der Waals surface area (Å²) >= 11 is 17.2. The Morgan fingerprint density at radius 1 is 1.17 bits per heavy atom. The maximum atomic E-state index is 5.78. The molecule has 12 heavy (non-hydrogen) atoms. The molecule has 0 aliphatic carbocycles. The Kier molecular flexibility index (Phi) is 3.45. The summed E-state index contributed by atoms with van der Waals surface area (Å²) in [5, 5.41) is 1.20. The van der Waals surface area contributed by atoms with E-state index in [2.05, 4.69) is 6.58 Å². The Labute approximate surface area is 86.7 Å². The van der Waals surface area contributed by atoms with Crippen LogP contribution >= 0.6 is 34.8 Å². The van der Waals surface area contributed by atoms with Crippen molar-refractivity contribution >= 4 is 40.4 Å². The van der Waals surface area contributed by atoms with Crippen LogP contribution in [-0.2, 0) is 0 Å². The number of hydrogen-bond acceptors (Lipinski definition) is 0. The molecular formula is C9H7Cl3. The van der Waals surface area contributed by atoms with Gasteiger partial charge in [-0.05, 0) is 29.3 Å². The lowest BCUT2D eigenvalue weighted by atomic mass is 10.1. The monoisotopic (exact) mass is 220 g/mol. The van der Waals surface area contributed by atoms with Crippen molar-refractivity contribution in [1.29, 1.82) is 0 Å². The third kappa shape index (κ3) is 2.41. The van der Waals surface area contributed by atoms with Gasteiger partial charge in [0.1, 0.15) is 0 Å². The molecule has 0 bridgehead atoms. The molecule has 0 saturated heterocycles. The van der Waals surface area contributed by atoms with Gasteiger partial charge in [0.25, 0.3) is 0 Å². The zero-order valence-corrected chi connectivity index (χ0v) is 8.55. The molecule has 0 amide bonds. The van der Waals surface area contributed by atoms with Crippen molar-refractivity contribution in [3.8, 4) is 0 Å². The summed E-state index contributed by atoms with van der Waals surface area (Å²) in [6, 6.07) is 5.25. The van der Waals surface area contributed by atoms with E-state index in [1.54, 1.807) is 18.2 Å². The van der Waals surface area contributed by atoms with Crippen LogP contribution in [0.5, 0.6) is 0 Å².